The number of hydrogen-bond donors (Lipinski definition) is 2. The summed E-state index contributed by atoms with van der Waals surface area (Å²) < 4.78 is 52.0. The van der Waals surface area contributed by atoms with E-state index in [0.717, 1.165) is 38.2 Å². The van der Waals surface area contributed by atoms with Gasteiger partial charge >= 0.3 is 6.18 Å². The number of hydrogen-bond acceptors (Lipinski definition) is 2. The zero-order valence-corrected chi connectivity index (χ0v) is 16.5. The molecule has 0 saturated heterocycles. The van der Waals surface area contributed by atoms with Crippen LogP contribution in [0.15, 0.2) is 36.4 Å². The molecule has 2 amide bonds. The smallest absolute Gasteiger partial charge is 0.349 e. The number of rotatable bonds is 4. The Bertz CT molecular complexity index is 957. The van der Waals surface area contributed by atoms with Gasteiger partial charge in [0.2, 0.25) is 0 Å². The van der Waals surface area contributed by atoms with Gasteiger partial charge < -0.3 is 10.6 Å². The maximum atomic E-state index is 13.4. The maximum absolute atomic E-state index is 13.4. The van der Waals surface area contributed by atoms with E-state index in [1.807, 2.05) is 0 Å². The first kappa shape index (κ1) is 22.1. The molecule has 0 heterocycles. The molecular weight excluding hydrogens is 424 g/mol. The van der Waals surface area contributed by atoms with Crippen molar-refractivity contribution < 1.29 is 27.2 Å². The van der Waals surface area contributed by atoms with Crippen LogP contribution in [-0.4, -0.2) is 17.9 Å². The predicted octanol–water partition coefficient (Wildman–Crippen LogP) is 5.81. The molecule has 0 spiro atoms. The van der Waals surface area contributed by atoms with E-state index >= 15 is 0 Å². The van der Waals surface area contributed by atoms with Crippen molar-refractivity contribution in [2.75, 3.05) is 5.32 Å². The molecule has 1 saturated carbocycles. The van der Waals surface area contributed by atoms with Crippen LogP contribution in [0.5, 0.6) is 0 Å². The monoisotopic (exact) mass is 442 g/mol. The highest BCUT2D eigenvalue weighted by Gasteiger charge is 2.34. The van der Waals surface area contributed by atoms with Crippen LogP contribution in [-0.2, 0) is 6.18 Å². The molecule has 0 atom stereocenters. The second kappa shape index (κ2) is 9.04. The summed E-state index contributed by atoms with van der Waals surface area (Å²) in [4.78, 5) is 24.9. The van der Waals surface area contributed by atoms with Crippen LogP contribution >= 0.6 is 11.6 Å². The first-order valence-corrected chi connectivity index (χ1v) is 9.81. The topological polar surface area (TPSA) is 58.2 Å². The summed E-state index contributed by atoms with van der Waals surface area (Å²) in [6.45, 7) is 0. The number of amides is 2. The average Bonchev–Trinajstić information content (AvgIpc) is 2.69. The third kappa shape index (κ3) is 5.30. The van der Waals surface area contributed by atoms with Gasteiger partial charge in [0.25, 0.3) is 11.8 Å². The van der Waals surface area contributed by atoms with Gasteiger partial charge in [-0.3, -0.25) is 9.59 Å². The molecule has 2 N–H and O–H groups in total. The second-order valence-electron chi connectivity index (χ2n) is 7.15. The van der Waals surface area contributed by atoms with Crippen molar-refractivity contribution in [3.8, 4) is 0 Å². The Morgan fingerprint density at radius 2 is 1.67 bits per heavy atom. The third-order valence-corrected chi connectivity index (χ3v) is 5.27. The van der Waals surface area contributed by atoms with E-state index in [4.69, 9.17) is 11.6 Å². The van der Waals surface area contributed by atoms with Gasteiger partial charge in [-0.2, -0.15) is 13.2 Å². The Labute approximate surface area is 175 Å². The van der Waals surface area contributed by atoms with Crippen molar-refractivity contribution in [3.05, 3.63) is 63.9 Å². The summed E-state index contributed by atoms with van der Waals surface area (Å²) in [6.07, 6.45) is 0.0373. The molecule has 0 radical (unpaired) electrons. The average molecular weight is 443 g/mol. The van der Waals surface area contributed by atoms with Crippen LogP contribution in [0, 0.1) is 5.82 Å². The van der Waals surface area contributed by atoms with Crippen LogP contribution in [0.3, 0.4) is 0 Å². The van der Waals surface area contributed by atoms with Crippen LogP contribution in [0.25, 0.3) is 0 Å². The fraction of sp³-hybridized carbons (Fsp3) is 0.333. The number of nitrogens with one attached hydrogen (secondary N) is 2. The van der Waals surface area contributed by atoms with Gasteiger partial charge in [0.1, 0.15) is 5.82 Å². The molecule has 0 aromatic heterocycles. The van der Waals surface area contributed by atoms with Gasteiger partial charge in [-0.15, -0.1) is 0 Å². The molecule has 0 bridgehead atoms. The molecule has 0 aliphatic heterocycles. The van der Waals surface area contributed by atoms with Gasteiger partial charge in [-0.05, 0) is 49.2 Å². The van der Waals surface area contributed by atoms with Crippen molar-refractivity contribution in [1.82, 2.24) is 5.32 Å². The Morgan fingerprint density at radius 3 is 2.33 bits per heavy atom. The van der Waals surface area contributed by atoms with Crippen molar-refractivity contribution in [3.63, 3.8) is 0 Å². The summed E-state index contributed by atoms with van der Waals surface area (Å²) >= 11 is 6.11. The quantitative estimate of drug-likeness (QED) is 0.587. The van der Waals surface area contributed by atoms with Crippen molar-refractivity contribution in [2.45, 2.75) is 44.3 Å². The van der Waals surface area contributed by atoms with Crippen molar-refractivity contribution >= 4 is 29.1 Å². The largest absolute Gasteiger partial charge is 0.419 e. The van der Waals surface area contributed by atoms with Gasteiger partial charge in [0.05, 0.1) is 16.1 Å². The highest BCUT2D eigenvalue weighted by Crippen LogP contribution is 2.32. The Morgan fingerprint density at radius 1 is 0.967 bits per heavy atom. The zero-order valence-electron chi connectivity index (χ0n) is 15.8. The molecule has 1 aliphatic carbocycles. The lowest BCUT2D eigenvalue weighted by Gasteiger charge is -2.23. The van der Waals surface area contributed by atoms with E-state index in [1.54, 1.807) is 0 Å². The van der Waals surface area contributed by atoms with Crippen LogP contribution in [0.2, 0.25) is 5.02 Å². The summed E-state index contributed by atoms with van der Waals surface area (Å²) in [5.41, 5.74) is -1.57. The summed E-state index contributed by atoms with van der Waals surface area (Å²) in [7, 11) is 0. The standard InChI is InChI=1S/C21H19ClF4N2O2/c22-17-8-7-14(11-15(17)20(30)27-13-4-2-1-3-5-13)28-19(29)12-6-9-18(23)16(10-12)21(24,25)26/h6-11,13H,1-5H2,(H,27,30)(H,28,29). The molecule has 1 fully saturated rings. The lowest BCUT2D eigenvalue weighted by Crippen LogP contribution is -2.36. The van der Waals surface area contributed by atoms with Gasteiger partial charge in [0, 0.05) is 17.3 Å². The first-order valence-electron chi connectivity index (χ1n) is 9.43. The molecule has 0 unspecified atom stereocenters. The highest BCUT2D eigenvalue weighted by molar-refractivity contribution is 6.34. The lowest BCUT2D eigenvalue weighted by atomic mass is 9.95. The van der Waals surface area contributed by atoms with Crippen LogP contribution in [0.4, 0.5) is 23.2 Å². The number of benzene rings is 2. The highest BCUT2D eigenvalue weighted by atomic mass is 35.5. The van der Waals surface area contributed by atoms with E-state index in [-0.39, 0.29) is 33.8 Å². The van der Waals surface area contributed by atoms with Gasteiger partial charge in [-0.25, -0.2) is 4.39 Å². The van der Waals surface area contributed by atoms with E-state index in [1.165, 1.54) is 18.2 Å². The lowest BCUT2D eigenvalue weighted by molar-refractivity contribution is -0.140. The van der Waals surface area contributed by atoms with Crippen LogP contribution in [0.1, 0.15) is 58.4 Å². The van der Waals surface area contributed by atoms with E-state index in [0.29, 0.717) is 12.1 Å². The van der Waals surface area contributed by atoms with E-state index in [2.05, 4.69) is 10.6 Å². The molecule has 2 aromatic carbocycles. The molecule has 1 aliphatic rings. The summed E-state index contributed by atoms with van der Waals surface area (Å²) in [5.74, 6) is -2.72. The van der Waals surface area contributed by atoms with E-state index in [9.17, 15) is 27.2 Å². The number of halogens is 5. The number of alkyl halides is 3. The third-order valence-electron chi connectivity index (χ3n) is 4.94. The fourth-order valence-corrected chi connectivity index (χ4v) is 3.58. The Kier molecular flexibility index (Phi) is 6.65. The minimum absolute atomic E-state index is 0.0561. The fourth-order valence-electron chi connectivity index (χ4n) is 3.37. The maximum Gasteiger partial charge on any atom is 0.419 e. The summed E-state index contributed by atoms with van der Waals surface area (Å²) in [6, 6.07) is 6.23. The van der Waals surface area contributed by atoms with Crippen LogP contribution < -0.4 is 10.6 Å². The SMILES string of the molecule is O=C(Nc1ccc(Cl)c(C(=O)NC2CCCCC2)c1)c1ccc(F)c(C(F)(F)F)c1. The molecule has 3 rings (SSSR count). The summed E-state index contributed by atoms with van der Waals surface area (Å²) in [5, 5.41) is 5.51. The molecule has 4 nitrogen and oxygen atoms in total. The van der Waals surface area contributed by atoms with E-state index < -0.39 is 23.5 Å². The number of carbonyl (C=O) groups is 2. The van der Waals surface area contributed by atoms with Gasteiger partial charge in [-0.1, -0.05) is 30.9 Å². The Balaban J connectivity index is 1.76. The second-order valence-corrected chi connectivity index (χ2v) is 7.56. The van der Waals surface area contributed by atoms with Gasteiger partial charge in [0.15, 0.2) is 0 Å². The molecule has 160 valence electrons. The molecule has 2 aromatic rings. The minimum Gasteiger partial charge on any atom is -0.349 e. The molecule has 9 heteroatoms. The Hall–Kier alpha value is -2.61. The predicted molar refractivity (Wildman–Crippen MR) is 105 cm³/mol. The van der Waals surface area contributed by atoms with Crippen molar-refractivity contribution in [2.24, 2.45) is 0 Å². The zero-order chi connectivity index (χ0) is 21.9. The number of carbonyl (C=O) groups excluding carboxylic acids is 2. The number of anilines is 1. The minimum atomic E-state index is -4.93. The first-order chi connectivity index (χ1) is 14.1. The van der Waals surface area contributed by atoms with Crippen molar-refractivity contribution in [1.29, 1.82) is 0 Å². The molecular formula is C21H19ClF4N2O2. The molecule has 30 heavy (non-hydrogen) atoms. The normalized spacial score (nSPS) is 15.0.